The van der Waals surface area contributed by atoms with Crippen LogP contribution in [0.1, 0.15) is 156 Å². The van der Waals surface area contributed by atoms with E-state index in [1.807, 2.05) is 90.1 Å². The van der Waals surface area contributed by atoms with Gasteiger partial charge in [0.2, 0.25) is 0 Å². The van der Waals surface area contributed by atoms with Gasteiger partial charge in [-0.05, 0) is 165 Å². The van der Waals surface area contributed by atoms with Crippen molar-refractivity contribution in [1.82, 2.24) is 30.7 Å². The molecule has 2 aliphatic heterocycles. The van der Waals surface area contributed by atoms with Gasteiger partial charge >= 0.3 is 35.8 Å². The highest BCUT2D eigenvalue weighted by Crippen LogP contribution is 2.44. The van der Waals surface area contributed by atoms with Crippen LogP contribution in [0, 0.1) is 11.8 Å². The Hall–Kier alpha value is -8.28. The molecule has 656 valence electrons. The zero-order valence-electron chi connectivity index (χ0n) is 68.8. The van der Waals surface area contributed by atoms with E-state index in [0.717, 1.165) is 99.7 Å². The fraction of sp³-hybridized carbons (Fsp3) is 0.550. The Morgan fingerprint density at radius 1 is 0.466 bits per heavy atom. The highest BCUT2D eigenvalue weighted by atomic mass is 32.3. The summed E-state index contributed by atoms with van der Waals surface area (Å²) >= 11 is 1.22. The average Bonchev–Trinajstić information content (AvgIpc) is 1.60. The van der Waals surface area contributed by atoms with Gasteiger partial charge in [0.15, 0.2) is 19.7 Å². The number of rotatable bonds is 44. The van der Waals surface area contributed by atoms with Gasteiger partial charge in [-0.25, -0.2) is 71.9 Å². The predicted octanol–water partition coefficient (Wildman–Crippen LogP) is 7.90. The molecular formula is C80H114N6O26S6. The van der Waals surface area contributed by atoms with Crippen LogP contribution in [0.5, 0.6) is 11.5 Å². The van der Waals surface area contributed by atoms with E-state index in [1.54, 1.807) is 51.0 Å². The number of carbonyl (C=O) groups is 8. The van der Waals surface area contributed by atoms with E-state index < -0.39 is 110 Å². The van der Waals surface area contributed by atoms with Gasteiger partial charge in [-0.15, -0.1) is 22.7 Å². The SMILES string of the molecule is CCN[C@H]1C[C@H](C)S(=O)(=O)c2sc(S(=O)(=O)NC(=O)/C=C/C(=O)OCC)cc21.CCN[C@H]1C[C@H](C)S(=O)(=O)c2sc(S(=O)(=O)NC(=O)/C=C\C(=O)OCC)cc21.CCOC(=O)/C=C/C(=O)OC(CNC(C)C)COc1ccc(CCOCC2CC2)cc1.CCOC(=O)/C=C/C(=O)OC(CNC(C)C)COc1ccc(CCOCC2CC2)cc1. The minimum Gasteiger partial charge on any atom is -0.490 e. The van der Waals surface area contributed by atoms with Gasteiger partial charge in [-0.1, -0.05) is 65.8 Å². The number of fused-ring (bicyclic) bond motifs is 2. The van der Waals surface area contributed by atoms with E-state index in [2.05, 4.69) is 30.7 Å². The number of hydrogen-bond acceptors (Lipinski definition) is 32. The second-order valence-electron chi connectivity index (χ2n) is 28.0. The third-order valence-corrected chi connectivity index (χ3v) is 28.8. The van der Waals surface area contributed by atoms with Crippen LogP contribution in [0.3, 0.4) is 0 Å². The Bertz CT molecular complexity index is 4230. The maximum absolute atomic E-state index is 12.6. The van der Waals surface area contributed by atoms with Crippen molar-refractivity contribution in [2.24, 2.45) is 11.8 Å². The van der Waals surface area contributed by atoms with Crippen molar-refractivity contribution in [1.29, 1.82) is 0 Å². The minimum absolute atomic E-state index is 0.00732. The van der Waals surface area contributed by atoms with Crippen LogP contribution in [0.2, 0.25) is 0 Å². The van der Waals surface area contributed by atoms with Gasteiger partial charge < -0.3 is 68.6 Å². The lowest BCUT2D eigenvalue weighted by Gasteiger charge is -2.27. The molecule has 2 aliphatic carbocycles. The van der Waals surface area contributed by atoms with Crippen LogP contribution >= 0.6 is 22.7 Å². The summed E-state index contributed by atoms with van der Waals surface area (Å²) in [5.74, 6) is -3.07. The molecule has 2 aromatic carbocycles. The first kappa shape index (κ1) is 100. The number of thiophene rings is 2. The zero-order valence-corrected chi connectivity index (χ0v) is 73.7. The molecule has 2 amide bonds. The number of ether oxygens (including phenoxy) is 10. The van der Waals surface area contributed by atoms with E-state index >= 15 is 0 Å². The Morgan fingerprint density at radius 3 is 1.08 bits per heavy atom. The third kappa shape index (κ3) is 36.3. The van der Waals surface area contributed by atoms with Crippen molar-refractivity contribution in [2.45, 2.75) is 198 Å². The Kier molecular flexibility index (Phi) is 43.1. The number of esters is 6. The molecule has 2 aromatic heterocycles. The molecule has 2 unspecified atom stereocenters. The summed E-state index contributed by atoms with van der Waals surface area (Å²) in [6.07, 6.45) is 14.0. The standard InChI is InChI=1S/2C24H35NO6.2C16H22N2O7S3/c2*1-4-29-23(26)11-12-24(27)31-22(15-25-18(2)3)17-30-21-9-7-19(8-10-21)13-14-28-16-20-5-6-20;2*1-4-17-12-8-10(3)27(21,22)16-11(12)9-15(26-16)28(23,24)18-13(19)6-7-14(20)25-5-2/h2*7-12,18,20,22,25H,4-6,13-17H2,1-3H3;2*6-7,9-10,12,17H,4-5,8H2,1-3H3,(H,18,19)/b2*12-11+;7-6+;7-6-/t;;2*10-,12-/m..00/s1. The van der Waals surface area contributed by atoms with Crippen molar-refractivity contribution < 1.29 is 119 Å². The fourth-order valence-corrected chi connectivity index (χ4v) is 20.7. The summed E-state index contributed by atoms with van der Waals surface area (Å²) in [4.78, 5) is 92.8. The van der Waals surface area contributed by atoms with Crippen LogP contribution in [0.4, 0.5) is 0 Å². The molecule has 6 N–H and O–H groups in total. The van der Waals surface area contributed by atoms with Gasteiger partial charge in [0.25, 0.3) is 31.9 Å². The van der Waals surface area contributed by atoms with Gasteiger partial charge in [0, 0.05) is 110 Å². The molecule has 32 nitrogen and oxygen atoms in total. The zero-order chi connectivity index (χ0) is 87.2. The summed E-state index contributed by atoms with van der Waals surface area (Å²) in [6.45, 7) is 27.9. The van der Waals surface area contributed by atoms with Crippen LogP contribution in [-0.4, -0.2) is 208 Å². The number of hydrogen-bond donors (Lipinski definition) is 6. The molecule has 4 aliphatic rings. The van der Waals surface area contributed by atoms with E-state index in [-0.39, 0.29) is 80.6 Å². The van der Waals surface area contributed by atoms with E-state index in [9.17, 15) is 72.0 Å². The van der Waals surface area contributed by atoms with Crippen LogP contribution in [-0.2, 0) is 129 Å². The minimum atomic E-state index is -4.30. The number of sulfonamides is 2. The largest absolute Gasteiger partial charge is 0.490 e. The summed E-state index contributed by atoms with van der Waals surface area (Å²) in [7, 11) is -15.9. The first-order valence-electron chi connectivity index (χ1n) is 39.2. The monoisotopic (exact) mass is 1770 g/mol. The number of carbonyl (C=O) groups excluding carboxylic acids is 8. The normalized spacial score (nSPS) is 17.7. The molecular weight excluding hydrogens is 1650 g/mol. The Morgan fingerprint density at radius 2 is 0.780 bits per heavy atom. The maximum Gasteiger partial charge on any atom is 0.331 e. The van der Waals surface area contributed by atoms with Crippen LogP contribution in [0.25, 0.3) is 0 Å². The number of nitrogens with one attached hydrogen (secondary N) is 6. The molecule has 118 heavy (non-hydrogen) atoms. The second-order valence-corrected chi connectivity index (χ2v) is 39.0. The Balaban J connectivity index is 0.000000281. The molecule has 0 radical (unpaired) electrons. The lowest BCUT2D eigenvalue weighted by molar-refractivity contribution is -0.145. The van der Waals surface area contributed by atoms with E-state index in [0.29, 0.717) is 84.3 Å². The molecule has 2 saturated carbocycles. The maximum atomic E-state index is 12.6. The molecule has 4 aromatic rings. The number of sulfone groups is 2. The molecule has 0 saturated heterocycles. The van der Waals surface area contributed by atoms with Crippen molar-refractivity contribution >= 4 is 110 Å². The number of benzene rings is 2. The topological polar surface area (TPSA) is 438 Å². The van der Waals surface area contributed by atoms with Crippen LogP contribution < -0.4 is 40.2 Å². The predicted molar refractivity (Wildman–Crippen MR) is 442 cm³/mol. The first-order chi connectivity index (χ1) is 56.0. The summed E-state index contributed by atoms with van der Waals surface area (Å²) in [6, 6.07) is 18.1. The lowest BCUT2D eigenvalue weighted by atomic mass is 10.1. The quantitative estimate of drug-likeness (QED) is 0.0106. The molecule has 38 heteroatoms. The van der Waals surface area contributed by atoms with Gasteiger partial charge in [0.05, 0.1) is 50.1 Å². The summed E-state index contributed by atoms with van der Waals surface area (Å²) < 4.78 is 156. The smallest absolute Gasteiger partial charge is 0.331 e. The number of amides is 2. The molecule has 6 atom stereocenters. The van der Waals surface area contributed by atoms with Crippen molar-refractivity contribution in [3.63, 3.8) is 0 Å². The summed E-state index contributed by atoms with van der Waals surface area (Å²) in [5, 5.41) is 11.5. The van der Waals surface area contributed by atoms with E-state index in [1.165, 1.54) is 48.9 Å². The molecule has 0 spiro atoms. The molecule has 0 bridgehead atoms. The highest BCUT2D eigenvalue weighted by Gasteiger charge is 2.42. The Labute approximate surface area is 701 Å². The fourth-order valence-electron chi connectivity index (χ4n) is 10.8. The van der Waals surface area contributed by atoms with Crippen molar-refractivity contribution in [3.05, 3.63) is 132 Å². The summed E-state index contributed by atoms with van der Waals surface area (Å²) in [5.41, 5.74) is 3.16. The average molecular weight is 1770 g/mol. The second kappa shape index (κ2) is 50.7. The third-order valence-electron chi connectivity index (χ3n) is 17.3. The first-order valence-corrected chi connectivity index (χ1v) is 46.9. The van der Waals surface area contributed by atoms with E-state index in [4.69, 9.17) is 37.9 Å². The molecule has 4 heterocycles. The lowest BCUT2D eigenvalue weighted by Crippen LogP contribution is -2.38. The van der Waals surface area contributed by atoms with Gasteiger partial charge in [0.1, 0.15) is 53.8 Å². The highest BCUT2D eigenvalue weighted by molar-refractivity contribution is 7.96. The van der Waals surface area contributed by atoms with Gasteiger partial charge in [-0.3, -0.25) is 9.59 Å². The van der Waals surface area contributed by atoms with Crippen LogP contribution in [0.15, 0.2) is 126 Å². The molecule has 2 fully saturated rings. The molecule has 8 rings (SSSR count). The van der Waals surface area contributed by atoms with Gasteiger partial charge in [-0.2, -0.15) is 0 Å². The van der Waals surface area contributed by atoms with Crippen molar-refractivity contribution in [2.75, 3.05) is 92.2 Å². The van der Waals surface area contributed by atoms with Crippen molar-refractivity contribution in [3.8, 4) is 11.5 Å².